The molecule has 1 aliphatic heterocycles. The van der Waals surface area contributed by atoms with Gasteiger partial charge in [-0.3, -0.25) is 4.79 Å². The van der Waals surface area contributed by atoms with Crippen LogP contribution in [-0.4, -0.2) is 5.11 Å². The molecule has 1 aromatic heterocycles. The molecule has 0 unspecified atom stereocenters. The van der Waals surface area contributed by atoms with Crippen molar-refractivity contribution in [2.45, 2.75) is 6.61 Å². The summed E-state index contributed by atoms with van der Waals surface area (Å²) in [6, 6.07) is 11.9. The molecule has 0 amide bonds. The smallest absolute Gasteiger partial charge is 0.201 e. The third-order valence-electron chi connectivity index (χ3n) is 3.46. The maximum atomic E-state index is 12.6. The van der Waals surface area contributed by atoms with Gasteiger partial charge in [0, 0.05) is 11.6 Å². The third-order valence-corrected chi connectivity index (χ3v) is 3.46. The van der Waals surface area contributed by atoms with Gasteiger partial charge in [-0.25, -0.2) is 0 Å². The van der Waals surface area contributed by atoms with Gasteiger partial charge in [-0.2, -0.15) is 0 Å². The summed E-state index contributed by atoms with van der Waals surface area (Å²) in [5, 5.41) is 9.95. The van der Waals surface area contributed by atoms with Gasteiger partial charge in [0.1, 0.15) is 23.7 Å². The molecule has 2 heterocycles. The van der Waals surface area contributed by atoms with Crippen LogP contribution in [0.2, 0.25) is 0 Å². The molecule has 98 valence electrons. The van der Waals surface area contributed by atoms with Gasteiger partial charge in [0.15, 0.2) is 5.76 Å². The average molecular weight is 266 g/mol. The van der Waals surface area contributed by atoms with E-state index >= 15 is 0 Å². The molecule has 4 nitrogen and oxygen atoms in total. The molecule has 0 saturated carbocycles. The Bertz CT molecular complexity index is 893. The van der Waals surface area contributed by atoms with Crippen LogP contribution in [0.4, 0.5) is 0 Å². The van der Waals surface area contributed by atoms with Crippen LogP contribution in [0.25, 0.3) is 22.1 Å². The fourth-order valence-electron chi connectivity index (χ4n) is 2.54. The van der Waals surface area contributed by atoms with E-state index in [1.165, 1.54) is 12.1 Å². The quantitative estimate of drug-likeness (QED) is 0.679. The minimum atomic E-state index is -0.1000. The lowest BCUT2D eigenvalue weighted by molar-refractivity contribution is 0.267. The van der Waals surface area contributed by atoms with Crippen molar-refractivity contribution in [3.8, 4) is 22.6 Å². The zero-order valence-electron chi connectivity index (χ0n) is 10.4. The van der Waals surface area contributed by atoms with E-state index in [1.807, 2.05) is 24.3 Å². The molecule has 4 rings (SSSR count). The van der Waals surface area contributed by atoms with Crippen molar-refractivity contribution in [2.75, 3.05) is 0 Å². The van der Waals surface area contributed by atoms with Crippen LogP contribution in [0, 0.1) is 0 Å². The number of rotatable bonds is 0. The zero-order valence-corrected chi connectivity index (χ0v) is 10.4. The van der Waals surface area contributed by atoms with Crippen LogP contribution in [-0.2, 0) is 6.61 Å². The minimum Gasteiger partial charge on any atom is -0.508 e. The van der Waals surface area contributed by atoms with Crippen LogP contribution >= 0.6 is 0 Å². The monoisotopic (exact) mass is 266 g/mol. The Morgan fingerprint density at radius 2 is 1.95 bits per heavy atom. The normalized spacial score (nSPS) is 12.6. The Kier molecular flexibility index (Phi) is 2.15. The SMILES string of the molecule is O=c1c2c(oc3cc(O)ccc13)COc1ccccc1-2. The fraction of sp³-hybridized carbons (Fsp3) is 0.0625. The first-order valence-corrected chi connectivity index (χ1v) is 6.25. The fourth-order valence-corrected chi connectivity index (χ4v) is 2.54. The number of benzene rings is 2. The topological polar surface area (TPSA) is 59.7 Å². The largest absolute Gasteiger partial charge is 0.508 e. The number of para-hydroxylation sites is 1. The first-order valence-electron chi connectivity index (χ1n) is 6.25. The van der Waals surface area contributed by atoms with Crippen LogP contribution in [0.5, 0.6) is 11.5 Å². The molecule has 0 fully saturated rings. The molecule has 0 aliphatic carbocycles. The van der Waals surface area contributed by atoms with E-state index in [9.17, 15) is 9.90 Å². The lowest BCUT2D eigenvalue weighted by Gasteiger charge is -2.19. The van der Waals surface area contributed by atoms with Gasteiger partial charge in [-0.15, -0.1) is 0 Å². The number of phenolic OH excluding ortho intramolecular Hbond substituents is 1. The standard InChI is InChI=1S/C16H10O4/c17-9-5-6-11-13(7-9)20-14-8-19-12-4-2-1-3-10(12)15(14)16(11)18/h1-7,17H,8H2. The highest BCUT2D eigenvalue weighted by atomic mass is 16.5. The third kappa shape index (κ3) is 1.45. The first kappa shape index (κ1) is 11.1. The lowest BCUT2D eigenvalue weighted by atomic mass is 9.99. The van der Waals surface area contributed by atoms with Gasteiger partial charge >= 0.3 is 0 Å². The number of hydrogen-bond donors (Lipinski definition) is 1. The molecule has 0 saturated heterocycles. The van der Waals surface area contributed by atoms with Crippen molar-refractivity contribution in [2.24, 2.45) is 0 Å². The molecular formula is C16H10O4. The van der Waals surface area contributed by atoms with Crippen molar-refractivity contribution in [3.05, 3.63) is 58.4 Å². The maximum Gasteiger partial charge on any atom is 0.201 e. The summed E-state index contributed by atoms with van der Waals surface area (Å²) in [5.41, 5.74) is 1.57. The Hall–Kier alpha value is -2.75. The molecule has 1 N–H and O–H groups in total. The molecule has 0 atom stereocenters. The predicted octanol–water partition coefficient (Wildman–Crippen LogP) is 3.06. The number of ether oxygens (including phenoxy) is 1. The Morgan fingerprint density at radius 3 is 2.85 bits per heavy atom. The lowest BCUT2D eigenvalue weighted by Crippen LogP contribution is -2.15. The Morgan fingerprint density at radius 1 is 1.10 bits per heavy atom. The van der Waals surface area contributed by atoms with E-state index in [-0.39, 0.29) is 17.8 Å². The van der Waals surface area contributed by atoms with Crippen LogP contribution in [0.15, 0.2) is 51.7 Å². The Labute approximate surface area is 113 Å². The molecule has 0 bridgehead atoms. The van der Waals surface area contributed by atoms with Gasteiger partial charge in [-0.1, -0.05) is 18.2 Å². The van der Waals surface area contributed by atoms with Crippen molar-refractivity contribution >= 4 is 11.0 Å². The van der Waals surface area contributed by atoms with E-state index in [0.717, 1.165) is 5.56 Å². The van der Waals surface area contributed by atoms with Gasteiger partial charge in [-0.05, 0) is 18.2 Å². The van der Waals surface area contributed by atoms with Crippen molar-refractivity contribution < 1.29 is 14.3 Å². The second kappa shape index (κ2) is 3.87. The van der Waals surface area contributed by atoms with Gasteiger partial charge < -0.3 is 14.3 Å². The molecule has 1 aliphatic rings. The van der Waals surface area contributed by atoms with Crippen molar-refractivity contribution in [1.82, 2.24) is 0 Å². The molecule has 0 spiro atoms. The first-order chi connectivity index (χ1) is 9.74. The van der Waals surface area contributed by atoms with E-state index in [2.05, 4.69) is 0 Å². The van der Waals surface area contributed by atoms with E-state index < -0.39 is 0 Å². The van der Waals surface area contributed by atoms with Crippen molar-refractivity contribution in [1.29, 1.82) is 0 Å². The predicted molar refractivity (Wildman–Crippen MR) is 73.9 cm³/mol. The highest BCUT2D eigenvalue weighted by Gasteiger charge is 2.23. The summed E-state index contributed by atoms with van der Waals surface area (Å²) in [7, 11) is 0. The van der Waals surface area contributed by atoms with E-state index in [1.54, 1.807) is 6.07 Å². The molecular weight excluding hydrogens is 256 g/mol. The summed E-state index contributed by atoms with van der Waals surface area (Å²) >= 11 is 0. The van der Waals surface area contributed by atoms with Crippen LogP contribution < -0.4 is 10.2 Å². The summed E-state index contributed by atoms with van der Waals surface area (Å²) in [6.07, 6.45) is 0. The van der Waals surface area contributed by atoms with Crippen LogP contribution in [0.3, 0.4) is 0 Å². The second-order valence-electron chi connectivity index (χ2n) is 4.69. The van der Waals surface area contributed by atoms with Gasteiger partial charge in [0.05, 0.1) is 10.9 Å². The minimum absolute atomic E-state index is 0.0673. The average Bonchev–Trinajstić information content (AvgIpc) is 2.46. The molecule has 0 radical (unpaired) electrons. The van der Waals surface area contributed by atoms with E-state index in [0.29, 0.717) is 28.0 Å². The second-order valence-corrected chi connectivity index (χ2v) is 4.69. The van der Waals surface area contributed by atoms with Crippen molar-refractivity contribution in [3.63, 3.8) is 0 Å². The highest BCUT2D eigenvalue weighted by Crippen LogP contribution is 2.36. The number of phenols is 1. The maximum absolute atomic E-state index is 12.6. The van der Waals surface area contributed by atoms with E-state index in [4.69, 9.17) is 9.15 Å². The summed E-state index contributed by atoms with van der Waals surface area (Å²) in [6.45, 7) is 0.215. The van der Waals surface area contributed by atoms with Gasteiger partial charge in [0.25, 0.3) is 0 Å². The molecule has 2 aromatic carbocycles. The number of hydrogen-bond acceptors (Lipinski definition) is 4. The zero-order chi connectivity index (χ0) is 13.7. The summed E-state index contributed by atoms with van der Waals surface area (Å²) < 4.78 is 11.3. The summed E-state index contributed by atoms with van der Waals surface area (Å²) in [5.74, 6) is 1.25. The van der Waals surface area contributed by atoms with Crippen LogP contribution in [0.1, 0.15) is 5.76 Å². The Balaban J connectivity index is 2.13. The number of aromatic hydroxyl groups is 1. The number of fused-ring (bicyclic) bond motifs is 4. The van der Waals surface area contributed by atoms with Gasteiger partial charge in [0.2, 0.25) is 5.43 Å². The molecule has 3 aromatic rings. The molecule has 4 heteroatoms. The highest BCUT2D eigenvalue weighted by molar-refractivity contribution is 5.85. The summed E-state index contributed by atoms with van der Waals surface area (Å²) in [4.78, 5) is 12.6. The molecule has 20 heavy (non-hydrogen) atoms.